The maximum absolute atomic E-state index is 12.1. The third-order valence-corrected chi connectivity index (χ3v) is 2.83. The lowest BCUT2D eigenvalue weighted by Crippen LogP contribution is -2.41. The third kappa shape index (κ3) is 3.00. The highest BCUT2D eigenvalue weighted by Crippen LogP contribution is 2.33. The molecule has 0 bridgehead atoms. The number of hydrogen-bond donors (Lipinski definition) is 3. The number of carboxylic acids is 1. The largest absolute Gasteiger partial charge is 0.486 e. The Kier molecular flexibility index (Phi) is 4.41. The molecule has 7 nitrogen and oxygen atoms in total. The van der Waals surface area contributed by atoms with Gasteiger partial charge in [0, 0.05) is 13.0 Å². The second-order valence-electron chi connectivity index (χ2n) is 4.21. The molecule has 108 valence electrons. The molecule has 0 saturated carbocycles. The van der Waals surface area contributed by atoms with Crippen LogP contribution in [0.15, 0.2) is 18.2 Å². The number of nitrogens with one attached hydrogen (secondary N) is 1. The number of carbonyl (C=O) groups excluding carboxylic acids is 1. The summed E-state index contributed by atoms with van der Waals surface area (Å²) in [6, 6.07) is 3.69. The van der Waals surface area contributed by atoms with Crippen molar-refractivity contribution in [1.82, 2.24) is 5.32 Å². The van der Waals surface area contributed by atoms with E-state index in [4.69, 9.17) is 19.7 Å². The zero-order valence-electron chi connectivity index (χ0n) is 10.7. The summed E-state index contributed by atoms with van der Waals surface area (Å²) in [5.41, 5.74) is 0.214. The molecule has 3 N–H and O–H groups in total. The van der Waals surface area contributed by atoms with Crippen molar-refractivity contribution in [2.24, 2.45) is 0 Å². The van der Waals surface area contributed by atoms with E-state index in [0.717, 1.165) is 0 Å². The Morgan fingerprint density at radius 2 is 2.05 bits per heavy atom. The number of aliphatic hydroxyl groups excluding tert-OH is 1. The Hall–Kier alpha value is -2.28. The first-order chi connectivity index (χ1) is 9.63. The number of amides is 1. The Balaban J connectivity index is 2.19. The summed E-state index contributed by atoms with van der Waals surface area (Å²) in [5.74, 6) is -1.01. The Morgan fingerprint density at radius 3 is 2.75 bits per heavy atom. The summed E-state index contributed by atoms with van der Waals surface area (Å²) >= 11 is 0. The zero-order valence-corrected chi connectivity index (χ0v) is 10.7. The normalized spacial score (nSPS) is 14.4. The number of aliphatic hydroxyl groups is 1. The summed E-state index contributed by atoms with van der Waals surface area (Å²) in [6.07, 6.45) is -0.0620. The van der Waals surface area contributed by atoms with Crippen molar-refractivity contribution in [3.63, 3.8) is 0 Å². The zero-order chi connectivity index (χ0) is 14.5. The molecule has 0 saturated heterocycles. The lowest BCUT2D eigenvalue weighted by Gasteiger charge is -2.21. The fourth-order valence-corrected chi connectivity index (χ4v) is 1.88. The van der Waals surface area contributed by atoms with Crippen LogP contribution in [0.3, 0.4) is 0 Å². The Morgan fingerprint density at radius 1 is 1.30 bits per heavy atom. The van der Waals surface area contributed by atoms with Gasteiger partial charge < -0.3 is 25.0 Å². The van der Waals surface area contributed by atoms with E-state index >= 15 is 0 Å². The quantitative estimate of drug-likeness (QED) is 0.703. The van der Waals surface area contributed by atoms with Gasteiger partial charge in [0.05, 0.1) is 5.56 Å². The van der Waals surface area contributed by atoms with Crippen LogP contribution >= 0.6 is 0 Å². The van der Waals surface area contributed by atoms with E-state index in [1.54, 1.807) is 12.1 Å². The van der Waals surface area contributed by atoms with Gasteiger partial charge in [0.25, 0.3) is 5.91 Å². The number of carbonyl (C=O) groups is 2. The van der Waals surface area contributed by atoms with Crippen LogP contribution in [0, 0.1) is 0 Å². The van der Waals surface area contributed by atoms with E-state index < -0.39 is 17.9 Å². The highest BCUT2D eigenvalue weighted by molar-refractivity contribution is 5.99. The molecule has 1 aliphatic heterocycles. The fraction of sp³-hybridized carbons (Fsp3) is 0.385. The van der Waals surface area contributed by atoms with E-state index in [9.17, 15) is 9.59 Å². The number of rotatable bonds is 5. The second kappa shape index (κ2) is 6.25. The van der Waals surface area contributed by atoms with Gasteiger partial charge in [-0.05, 0) is 12.1 Å². The van der Waals surface area contributed by atoms with Crippen LogP contribution in [0.5, 0.6) is 11.5 Å². The maximum Gasteiger partial charge on any atom is 0.326 e. The first-order valence-corrected chi connectivity index (χ1v) is 6.16. The summed E-state index contributed by atoms with van der Waals surface area (Å²) in [6.45, 7) is 0.403. The van der Waals surface area contributed by atoms with E-state index in [0.29, 0.717) is 24.7 Å². The summed E-state index contributed by atoms with van der Waals surface area (Å²) < 4.78 is 10.7. The van der Waals surface area contributed by atoms with E-state index in [-0.39, 0.29) is 18.6 Å². The molecule has 0 spiro atoms. The number of benzene rings is 1. The molecule has 20 heavy (non-hydrogen) atoms. The van der Waals surface area contributed by atoms with Crippen molar-refractivity contribution in [2.45, 2.75) is 12.5 Å². The van der Waals surface area contributed by atoms with Gasteiger partial charge in [-0.1, -0.05) is 6.07 Å². The minimum atomic E-state index is -1.20. The van der Waals surface area contributed by atoms with Crippen molar-refractivity contribution in [3.8, 4) is 11.5 Å². The van der Waals surface area contributed by atoms with Crippen LogP contribution in [0.4, 0.5) is 0 Å². The van der Waals surface area contributed by atoms with Gasteiger partial charge in [-0.25, -0.2) is 4.79 Å². The average Bonchev–Trinajstić information content (AvgIpc) is 2.46. The maximum atomic E-state index is 12.1. The molecule has 0 radical (unpaired) electrons. The SMILES string of the molecule is O=C(NC(CCO)C(=O)O)c1cccc2c1OCCO2. The summed E-state index contributed by atoms with van der Waals surface area (Å²) in [5, 5.41) is 20.1. The first-order valence-electron chi connectivity index (χ1n) is 6.16. The van der Waals surface area contributed by atoms with Crippen LogP contribution in [0.2, 0.25) is 0 Å². The first kappa shape index (κ1) is 14.1. The second-order valence-corrected chi connectivity index (χ2v) is 4.21. The number of hydrogen-bond acceptors (Lipinski definition) is 5. The molecule has 1 aliphatic rings. The third-order valence-electron chi connectivity index (χ3n) is 2.83. The molecule has 1 amide bonds. The minimum Gasteiger partial charge on any atom is -0.486 e. The van der Waals surface area contributed by atoms with Gasteiger partial charge in [-0.15, -0.1) is 0 Å². The molecule has 1 unspecified atom stereocenters. The Bertz CT molecular complexity index is 516. The van der Waals surface area contributed by atoms with Crippen LogP contribution in [-0.2, 0) is 4.79 Å². The molecular weight excluding hydrogens is 266 g/mol. The fourth-order valence-electron chi connectivity index (χ4n) is 1.88. The molecule has 1 atom stereocenters. The monoisotopic (exact) mass is 281 g/mol. The molecular formula is C13H15NO6. The van der Waals surface area contributed by atoms with Gasteiger partial charge in [-0.3, -0.25) is 4.79 Å². The molecule has 1 aromatic rings. The lowest BCUT2D eigenvalue weighted by molar-refractivity contribution is -0.139. The molecule has 1 heterocycles. The van der Waals surface area contributed by atoms with Crippen molar-refractivity contribution in [2.75, 3.05) is 19.8 Å². The van der Waals surface area contributed by atoms with Crippen LogP contribution in [-0.4, -0.2) is 48.0 Å². The Labute approximate surface area is 115 Å². The molecule has 7 heteroatoms. The standard InChI is InChI=1S/C13H15NO6/c15-5-4-9(13(17)18)14-12(16)8-2-1-3-10-11(8)20-7-6-19-10/h1-3,9,15H,4-7H2,(H,14,16)(H,17,18). The summed E-state index contributed by atoms with van der Waals surface area (Å²) in [4.78, 5) is 23.1. The molecule has 0 fully saturated rings. The topological polar surface area (TPSA) is 105 Å². The average molecular weight is 281 g/mol. The molecule has 0 aliphatic carbocycles. The van der Waals surface area contributed by atoms with Crippen LogP contribution in [0.25, 0.3) is 0 Å². The smallest absolute Gasteiger partial charge is 0.326 e. The highest BCUT2D eigenvalue weighted by atomic mass is 16.6. The number of ether oxygens (including phenoxy) is 2. The number of aliphatic carboxylic acids is 1. The van der Waals surface area contributed by atoms with E-state index in [1.165, 1.54) is 6.07 Å². The molecule has 0 aromatic heterocycles. The summed E-state index contributed by atoms with van der Waals surface area (Å²) in [7, 11) is 0. The van der Waals surface area contributed by atoms with Gasteiger partial charge in [0.15, 0.2) is 11.5 Å². The van der Waals surface area contributed by atoms with Gasteiger partial charge in [0.2, 0.25) is 0 Å². The minimum absolute atomic E-state index is 0.0620. The van der Waals surface area contributed by atoms with Crippen LogP contribution < -0.4 is 14.8 Å². The highest BCUT2D eigenvalue weighted by Gasteiger charge is 2.24. The van der Waals surface area contributed by atoms with Crippen LogP contribution in [0.1, 0.15) is 16.8 Å². The molecule has 1 aromatic carbocycles. The predicted molar refractivity (Wildman–Crippen MR) is 68.0 cm³/mol. The number of fused-ring (bicyclic) bond motifs is 1. The van der Waals surface area contributed by atoms with Gasteiger partial charge in [0.1, 0.15) is 19.3 Å². The lowest BCUT2D eigenvalue weighted by atomic mass is 10.1. The predicted octanol–water partition coefficient (Wildman–Crippen LogP) is 0.0232. The van der Waals surface area contributed by atoms with Gasteiger partial charge >= 0.3 is 5.97 Å². The number of carboxylic acid groups (broad SMARTS) is 1. The molecule has 2 rings (SSSR count). The van der Waals surface area contributed by atoms with Crippen molar-refractivity contribution < 1.29 is 29.3 Å². The number of para-hydroxylation sites is 1. The van der Waals surface area contributed by atoms with Crippen molar-refractivity contribution in [3.05, 3.63) is 23.8 Å². The van der Waals surface area contributed by atoms with Gasteiger partial charge in [-0.2, -0.15) is 0 Å². The van der Waals surface area contributed by atoms with Crippen molar-refractivity contribution >= 4 is 11.9 Å². The van der Waals surface area contributed by atoms with E-state index in [2.05, 4.69) is 5.32 Å². The van der Waals surface area contributed by atoms with E-state index in [1.807, 2.05) is 0 Å². The van der Waals surface area contributed by atoms with Crippen molar-refractivity contribution in [1.29, 1.82) is 0 Å².